The van der Waals surface area contributed by atoms with Gasteiger partial charge in [-0.25, -0.2) is 0 Å². The van der Waals surface area contributed by atoms with Gasteiger partial charge in [0.2, 0.25) is 0 Å². The summed E-state index contributed by atoms with van der Waals surface area (Å²) in [4.78, 5) is 0. The Morgan fingerprint density at radius 3 is 2.62 bits per heavy atom. The minimum absolute atomic E-state index is 0.641. The summed E-state index contributed by atoms with van der Waals surface area (Å²) in [6.45, 7) is 0. The van der Waals surface area contributed by atoms with Crippen LogP contribution in [0.2, 0.25) is 0 Å². The number of halogens is 2. The Morgan fingerprint density at radius 2 is 2.12 bits per heavy atom. The van der Waals surface area contributed by atoms with Crippen LogP contribution in [0.3, 0.4) is 0 Å². The maximum Gasteiger partial charge on any atom is 0.0404 e. The molecule has 0 spiro atoms. The van der Waals surface area contributed by atoms with Crippen LogP contribution in [-0.2, 0) is 0 Å². The maximum atomic E-state index is 5.38. The van der Waals surface area contributed by atoms with Crippen LogP contribution >= 0.6 is 27.5 Å². The van der Waals surface area contributed by atoms with Gasteiger partial charge in [0.05, 0.1) is 0 Å². The number of hydrogen-bond acceptors (Lipinski definition) is 0. The fourth-order valence-corrected chi connectivity index (χ4v) is 0.826. The molecule has 0 aromatic heterocycles. The molecule has 0 radical (unpaired) electrons. The average molecular weight is 198 g/mol. The maximum absolute atomic E-state index is 5.38. The van der Waals surface area contributed by atoms with Crippen molar-refractivity contribution in [2.75, 3.05) is 11.2 Å². The van der Waals surface area contributed by atoms with E-state index >= 15 is 0 Å². The predicted molar refractivity (Wildman–Crippen MR) is 42.9 cm³/mol. The SMILES string of the molecule is ClCC=CCCCBr. The highest BCUT2D eigenvalue weighted by molar-refractivity contribution is 9.09. The summed E-state index contributed by atoms with van der Waals surface area (Å²) < 4.78 is 0. The Balaban J connectivity index is 2.80. The van der Waals surface area contributed by atoms with Gasteiger partial charge in [0.1, 0.15) is 0 Å². The van der Waals surface area contributed by atoms with Crippen molar-refractivity contribution in [3.05, 3.63) is 12.2 Å². The highest BCUT2D eigenvalue weighted by atomic mass is 79.9. The summed E-state index contributed by atoms with van der Waals surface area (Å²) in [5.41, 5.74) is 0. The number of unbranched alkanes of at least 4 members (excludes halogenated alkanes) is 1. The van der Waals surface area contributed by atoms with Gasteiger partial charge < -0.3 is 0 Å². The quantitative estimate of drug-likeness (QED) is 0.369. The number of alkyl halides is 2. The smallest absolute Gasteiger partial charge is 0.0404 e. The van der Waals surface area contributed by atoms with Gasteiger partial charge in [-0.05, 0) is 12.8 Å². The van der Waals surface area contributed by atoms with E-state index in [4.69, 9.17) is 11.6 Å². The van der Waals surface area contributed by atoms with Crippen LogP contribution in [0.1, 0.15) is 12.8 Å². The van der Waals surface area contributed by atoms with Crippen molar-refractivity contribution in [2.45, 2.75) is 12.8 Å². The van der Waals surface area contributed by atoms with E-state index in [1.165, 1.54) is 6.42 Å². The molecule has 0 aliphatic rings. The molecule has 0 aliphatic heterocycles. The normalized spacial score (nSPS) is 10.8. The Labute approximate surface area is 64.0 Å². The number of rotatable bonds is 4. The average Bonchev–Trinajstić information content (AvgIpc) is 1.81. The first-order chi connectivity index (χ1) is 3.91. The molecule has 0 N–H and O–H groups in total. The van der Waals surface area contributed by atoms with Crippen molar-refractivity contribution in [2.24, 2.45) is 0 Å². The van der Waals surface area contributed by atoms with Crippen molar-refractivity contribution < 1.29 is 0 Å². The lowest BCUT2D eigenvalue weighted by Crippen LogP contribution is -1.70. The van der Waals surface area contributed by atoms with Crippen LogP contribution < -0.4 is 0 Å². The lowest BCUT2D eigenvalue weighted by Gasteiger charge is -1.83. The Bertz CT molecular complexity index is 61.5. The van der Waals surface area contributed by atoms with Gasteiger partial charge in [0.15, 0.2) is 0 Å². The zero-order valence-electron chi connectivity index (χ0n) is 4.74. The highest BCUT2D eigenvalue weighted by Gasteiger charge is 1.76. The summed E-state index contributed by atoms with van der Waals surface area (Å²) in [6.07, 6.45) is 6.42. The van der Waals surface area contributed by atoms with E-state index in [1.54, 1.807) is 0 Å². The minimum Gasteiger partial charge on any atom is -0.122 e. The molecule has 0 saturated heterocycles. The lowest BCUT2D eigenvalue weighted by atomic mass is 10.3. The lowest BCUT2D eigenvalue weighted by molar-refractivity contribution is 0.977. The van der Waals surface area contributed by atoms with E-state index in [1.807, 2.05) is 6.08 Å². The number of hydrogen-bond donors (Lipinski definition) is 0. The Hall–Kier alpha value is 0.510. The molecule has 0 bridgehead atoms. The van der Waals surface area contributed by atoms with Crippen LogP contribution in [0, 0.1) is 0 Å². The minimum atomic E-state index is 0.641. The van der Waals surface area contributed by atoms with E-state index in [-0.39, 0.29) is 0 Å². The first kappa shape index (κ1) is 8.51. The van der Waals surface area contributed by atoms with Crippen molar-refractivity contribution in [3.63, 3.8) is 0 Å². The first-order valence-corrected chi connectivity index (χ1v) is 4.34. The summed E-state index contributed by atoms with van der Waals surface area (Å²) >= 11 is 8.72. The Morgan fingerprint density at radius 1 is 1.38 bits per heavy atom. The van der Waals surface area contributed by atoms with E-state index in [9.17, 15) is 0 Å². The third-order valence-corrected chi connectivity index (χ3v) is 1.50. The van der Waals surface area contributed by atoms with Gasteiger partial charge in [-0.1, -0.05) is 28.1 Å². The molecule has 0 rings (SSSR count). The summed E-state index contributed by atoms with van der Waals surface area (Å²) in [7, 11) is 0. The van der Waals surface area contributed by atoms with Crippen LogP contribution in [0.5, 0.6) is 0 Å². The molecule has 0 heterocycles. The molecule has 0 unspecified atom stereocenters. The third-order valence-electron chi connectivity index (χ3n) is 0.760. The van der Waals surface area contributed by atoms with E-state index < -0.39 is 0 Å². The van der Waals surface area contributed by atoms with Crippen LogP contribution in [0.15, 0.2) is 12.2 Å². The molecular formula is C6H10BrCl. The van der Waals surface area contributed by atoms with Crippen molar-refractivity contribution in [1.82, 2.24) is 0 Å². The molecule has 0 aromatic carbocycles. The fourth-order valence-electron chi connectivity index (χ4n) is 0.376. The van der Waals surface area contributed by atoms with Crippen LogP contribution in [0.4, 0.5) is 0 Å². The first-order valence-electron chi connectivity index (χ1n) is 2.68. The predicted octanol–water partition coefficient (Wildman–Crippen LogP) is 2.96. The highest BCUT2D eigenvalue weighted by Crippen LogP contribution is 1.94. The van der Waals surface area contributed by atoms with Crippen molar-refractivity contribution in [1.29, 1.82) is 0 Å². The van der Waals surface area contributed by atoms with Gasteiger partial charge >= 0.3 is 0 Å². The summed E-state index contributed by atoms with van der Waals surface area (Å²) in [5, 5.41) is 1.08. The Kier molecular flexibility index (Phi) is 7.99. The van der Waals surface area contributed by atoms with Crippen molar-refractivity contribution >= 4 is 27.5 Å². The van der Waals surface area contributed by atoms with E-state index in [0.29, 0.717) is 5.88 Å². The molecule has 0 fully saturated rings. The van der Waals surface area contributed by atoms with E-state index in [0.717, 1.165) is 11.8 Å². The topological polar surface area (TPSA) is 0 Å². The zero-order chi connectivity index (χ0) is 6.24. The molecule has 0 atom stereocenters. The molecule has 0 nitrogen and oxygen atoms in total. The summed E-state index contributed by atoms with van der Waals surface area (Å²) in [6, 6.07) is 0. The largest absolute Gasteiger partial charge is 0.122 e. The monoisotopic (exact) mass is 196 g/mol. The van der Waals surface area contributed by atoms with Gasteiger partial charge in [0.25, 0.3) is 0 Å². The molecule has 48 valence electrons. The third kappa shape index (κ3) is 6.51. The second-order valence-electron chi connectivity index (χ2n) is 1.46. The van der Waals surface area contributed by atoms with Gasteiger partial charge in [-0.2, -0.15) is 0 Å². The molecule has 0 aromatic rings. The van der Waals surface area contributed by atoms with E-state index in [2.05, 4.69) is 22.0 Å². The van der Waals surface area contributed by atoms with Gasteiger partial charge in [-0.15, -0.1) is 11.6 Å². The molecule has 2 heteroatoms. The van der Waals surface area contributed by atoms with Gasteiger partial charge in [-0.3, -0.25) is 0 Å². The van der Waals surface area contributed by atoms with Crippen LogP contribution in [0.25, 0.3) is 0 Å². The molecule has 0 amide bonds. The second kappa shape index (κ2) is 7.51. The standard InChI is InChI=1S/C6H10BrCl/c7-5-3-1-2-4-6-8/h2,4H,1,3,5-6H2. The summed E-state index contributed by atoms with van der Waals surface area (Å²) in [5.74, 6) is 0.641. The van der Waals surface area contributed by atoms with Gasteiger partial charge in [0, 0.05) is 11.2 Å². The second-order valence-corrected chi connectivity index (χ2v) is 2.56. The van der Waals surface area contributed by atoms with Crippen LogP contribution in [-0.4, -0.2) is 11.2 Å². The zero-order valence-corrected chi connectivity index (χ0v) is 7.08. The van der Waals surface area contributed by atoms with Crippen molar-refractivity contribution in [3.8, 4) is 0 Å². The molecular weight excluding hydrogens is 187 g/mol. The number of allylic oxidation sites excluding steroid dienone is 2. The fraction of sp³-hybridized carbons (Fsp3) is 0.667. The molecule has 0 aliphatic carbocycles. The molecule has 0 saturated carbocycles. The molecule has 8 heavy (non-hydrogen) atoms.